The number of ketones is 2. The topological polar surface area (TPSA) is 101 Å². The van der Waals surface area contributed by atoms with E-state index in [0.717, 1.165) is 0 Å². The fourth-order valence-electron chi connectivity index (χ4n) is 3.35. The number of carboxylic acids is 1. The number of carbonyl (C=O) groups is 4. The molecule has 1 N–H and O–H groups in total. The van der Waals surface area contributed by atoms with Crippen molar-refractivity contribution in [1.82, 2.24) is 19.6 Å². The lowest BCUT2D eigenvalue weighted by atomic mass is 10.0. The summed E-state index contributed by atoms with van der Waals surface area (Å²) in [6.45, 7) is 9.08. The third-order valence-electron chi connectivity index (χ3n) is 4.81. The van der Waals surface area contributed by atoms with E-state index in [-0.39, 0.29) is 23.8 Å². The molecular weight excluding hydrogens is 394 g/mol. The third kappa shape index (κ3) is 12.2. The van der Waals surface area contributed by atoms with E-state index in [1.54, 1.807) is 13.8 Å². The van der Waals surface area contributed by atoms with Crippen molar-refractivity contribution in [3.05, 3.63) is 0 Å². The Kier molecular flexibility index (Phi) is 12.4. The molecule has 29 heavy (non-hydrogen) atoms. The van der Waals surface area contributed by atoms with Gasteiger partial charge in [-0.2, -0.15) is 9.12 Å². The lowest BCUT2D eigenvalue weighted by Gasteiger charge is -2.33. The summed E-state index contributed by atoms with van der Waals surface area (Å²) in [6.07, 6.45) is 0. The highest BCUT2D eigenvalue weighted by molar-refractivity contribution is 7.62. The number of Topliss-reactive ketones (excluding diaryl/α,β-unsaturated/α-hetero) is 2. The number of aliphatic carboxylic acids is 1. The Hall–Kier alpha value is -1.19. The van der Waals surface area contributed by atoms with Crippen LogP contribution >= 0.6 is 9.12 Å². The molecule has 1 heterocycles. The molecule has 0 saturated carbocycles. The molecule has 0 bridgehead atoms. The lowest BCUT2D eigenvalue weighted by Crippen LogP contribution is -2.49. The molecule has 0 amide bonds. The molecule has 1 saturated heterocycles. The second kappa shape index (κ2) is 13.9. The smallest absolute Gasteiger partial charge is 0.317 e. The average molecular weight is 428 g/mol. The van der Waals surface area contributed by atoms with E-state index in [2.05, 4.69) is 14.0 Å². The predicted molar refractivity (Wildman–Crippen MR) is 117 cm³/mol. The van der Waals surface area contributed by atoms with Gasteiger partial charge in [0.15, 0.2) is 0 Å². The van der Waals surface area contributed by atoms with E-state index in [1.807, 2.05) is 14.7 Å². The Labute approximate surface area is 176 Å². The van der Waals surface area contributed by atoms with E-state index in [0.29, 0.717) is 79.0 Å². The summed E-state index contributed by atoms with van der Waals surface area (Å²) < 4.78 is 0. The van der Waals surface area contributed by atoms with Crippen LogP contribution in [0, 0.1) is 0 Å². The van der Waals surface area contributed by atoms with Gasteiger partial charge in [0.1, 0.15) is 17.2 Å². The molecule has 11 heteroatoms. The quantitative estimate of drug-likeness (QED) is 0.338. The van der Waals surface area contributed by atoms with Crippen LogP contribution in [0.1, 0.15) is 13.8 Å². The molecule has 1 fully saturated rings. The van der Waals surface area contributed by atoms with Crippen LogP contribution in [0.4, 0.5) is 0 Å². The van der Waals surface area contributed by atoms with Gasteiger partial charge in [-0.05, 0) is 13.8 Å². The van der Waals surface area contributed by atoms with Crippen LogP contribution in [0.2, 0.25) is 0 Å². The minimum absolute atomic E-state index is 0.0575. The van der Waals surface area contributed by atoms with Gasteiger partial charge >= 0.3 is 5.97 Å². The molecule has 1 unspecified atom stereocenters. The Balaban J connectivity index is 2.92. The first kappa shape index (κ1) is 25.9. The molecule has 0 radical (unpaired) electrons. The van der Waals surface area contributed by atoms with E-state index < -0.39 is 5.97 Å². The number of hydrogen-bond donors (Lipinski definition) is 1. The highest BCUT2D eigenvalue weighted by atomic mass is 31.0. The summed E-state index contributed by atoms with van der Waals surface area (Å²) in [5.74, 6) is -0.757. The molecule has 1 aliphatic heterocycles. The van der Waals surface area contributed by atoms with E-state index >= 15 is 0 Å². The minimum atomic E-state index is -0.893. The van der Waals surface area contributed by atoms with Crippen LogP contribution in [0.15, 0.2) is 0 Å². The molecule has 1 rings (SSSR count). The van der Waals surface area contributed by atoms with Crippen LogP contribution in [0.25, 0.3) is 0 Å². The monoisotopic (exact) mass is 428 g/mol. The number of carbonyl (C=O) groups excluding carboxylic acids is 3. The molecule has 0 aliphatic carbocycles. The van der Waals surface area contributed by atoms with Gasteiger partial charge in [0.2, 0.25) is 7.00 Å². The number of hydrogen-bond acceptors (Lipinski definition) is 8. The van der Waals surface area contributed by atoms with E-state index in [1.165, 1.54) is 0 Å². The molecule has 1 atom stereocenters. The molecule has 0 aromatic rings. The van der Waals surface area contributed by atoms with Gasteiger partial charge in [-0.3, -0.25) is 34.0 Å². The maximum atomic E-state index is 11.9. The standard InChI is InChI=1S/C18H34BN4O5P/c1-15(24)11-20-3-4-21(12-16(2)25)6-9-23(14-18(27)28)10-8-22(7-5-20)13-17(26)19-29/h19H,3-14,29H2,1-2H3,(H,27,28). The summed E-state index contributed by atoms with van der Waals surface area (Å²) in [4.78, 5) is 54.4. The summed E-state index contributed by atoms with van der Waals surface area (Å²) >= 11 is 0. The normalized spacial score (nSPS) is 19.1. The van der Waals surface area contributed by atoms with E-state index in [9.17, 15) is 24.3 Å². The number of rotatable bonds is 9. The summed E-state index contributed by atoms with van der Waals surface area (Å²) in [5, 5.41) is 9.22. The average Bonchev–Trinajstić information content (AvgIpc) is 2.62. The van der Waals surface area contributed by atoms with Crippen molar-refractivity contribution < 1.29 is 24.3 Å². The van der Waals surface area contributed by atoms with Gasteiger partial charge in [-0.1, -0.05) is 0 Å². The van der Waals surface area contributed by atoms with Crippen LogP contribution in [-0.2, 0) is 19.2 Å². The van der Waals surface area contributed by atoms with E-state index in [4.69, 9.17) is 0 Å². The zero-order valence-corrected chi connectivity index (χ0v) is 18.8. The second-order valence-electron chi connectivity index (χ2n) is 7.65. The van der Waals surface area contributed by atoms with Crippen molar-refractivity contribution in [2.75, 3.05) is 78.5 Å². The molecule has 9 nitrogen and oxygen atoms in total. The largest absolute Gasteiger partial charge is 0.480 e. The minimum Gasteiger partial charge on any atom is -0.480 e. The predicted octanol–water partition coefficient (Wildman–Crippen LogP) is -1.78. The van der Waals surface area contributed by atoms with Crippen molar-refractivity contribution in [2.24, 2.45) is 0 Å². The van der Waals surface area contributed by atoms with Crippen LogP contribution in [0.3, 0.4) is 0 Å². The second-order valence-corrected chi connectivity index (χ2v) is 8.05. The SMILES string of the molecule is CC(=O)CN1CCN(CC(C)=O)CCN(CC(=O)BP)CCN(CC(=O)O)CC1. The molecular formula is C18H34BN4O5P. The van der Waals surface area contributed by atoms with Gasteiger partial charge < -0.3 is 9.90 Å². The molecule has 0 aromatic heterocycles. The van der Waals surface area contributed by atoms with Gasteiger partial charge in [0.25, 0.3) is 0 Å². The zero-order valence-electron chi connectivity index (χ0n) is 17.6. The van der Waals surface area contributed by atoms with Gasteiger partial charge in [-0.25, -0.2) is 0 Å². The van der Waals surface area contributed by atoms with Crippen molar-refractivity contribution in [1.29, 1.82) is 0 Å². The first-order chi connectivity index (χ1) is 13.7. The molecule has 0 aromatic carbocycles. The Morgan fingerprint density at radius 3 is 1.28 bits per heavy atom. The first-order valence-electron chi connectivity index (χ1n) is 10.0. The van der Waals surface area contributed by atoms with Gasteiger partial charge in [-0.15, -0.1) is 0 Å². The highest BCUT2D eigenvalue weighted by Crippen LogP contribution is 2.02. The third-order valence-corrected chi connectivity index (χ3v) is 5.26. The van der Waals surface area contributed by atoms with Crippen molar-refractivity contribution >= 4 is 39.3 Å². The highest BCUT2D eigenvalue weighted by Gasteiger charge is 2.19. The fourth-order valence-corrected chi connectivity index (χ4v) is 3.48. The van der Waals surface area contributed by atoms with Crippen molar-refractivity contribution in [3.63, 3.8) is 0 Å². The first-order valence-corrected chi connectivity index (χ1v) is 10.8. The van der Waals surface area contributed by atoms with Gasteiger partial charge in [0, 0.05) is 58.9 Å². The Morgan fingerprint density at radius 2 is 1.00 bits per heavy atom. The summed E-state index contributed by atoms with van der Waals surface area (Å²) in [5.41, 5.74) is 0.109. The Bertz CT molecular complexity index is 548. The van der Waals surface area contributed by atoms with Crippen LogP contribution in [0.5, 0.6) is 0 Å². The molecule has 164 valence electrons. The summed E-state index contributed by atoms with van der Waals surface area (Å²) in [7, 11) is 2.44. The van der Waals surface area contributed by atoms with Crippen molar-refractivity contribution in [2.45, 2.75) is 13.8 Å². The maximum absolute atomic E-state index is 11.9. The van der Waals surface area contributed by atoms with Crippen LogP contribution < -0.4 is 0 Å². The van der Waals surface area contributed by atoms with Gasteiger partial charge in [0.05, 0.1) is 19.6 Å². The zero-order chi connectivity index (χ0) is 21.8. The fraction of sp³-hybridized carbons (Fsp3) is 0.778. The number of carboxylic acid groups (broad SMARTS) is 1. The van der Waals surface area contributed by atoms with Crippen molar-refractivity contribution in [3.8, 4) is 0 Å². The molecule has 0 spiro atoms. The maximum Gasteiger partial charge on any atom is 0.317 e. The number of nitrogens with zero attached hydrogens (tertiary/aromatic N) is 4. The Morgan fingerprint density at radius 1 is 0.690 bits per heavy atom. The summed E-state index contributed by atoms with van der Waals surface area (Å²) in [6, 6.07) is 0. The lowest BCUT2D eigenvalue weighted by molar-refractivity contribution is -0.138. The molecule has 1 aliphatic rings. The van der Waals surface area contributed by atoms with Crippen LogP contribution in [-0.4, -0.2) is 133 Å².